The Balaban J connectivity index is 0. The fourth-order valence-corrected chi connectivity index (χ4v) is 1.07. The Morgan fingerprint density at radius 3 is 2.21 bits per heavy atom. The number of nitrogens with two attached hydrogens (primary N) is 2. The lowest BCUT2D eigenvalue weighted by molar-refractivity contribution is 0.932. The lowest BCUT2D eigenvalue weighted by Gasteiger charge is -2.09. The van der Waals surface area contributed by atoms with Gasteiger partial charge in [0.15, 0.2) is 0 Å². The van der Waals surface area contributed by atoms with Crippen molar-refractivity contribution in [3.05, 3.63) is 11.9 Å². The zero-order valence-electron chi connectivity index (χ0n) is 12.7. The van der Waals surface area contributed by atoms with Crippen molar-refractivity contribution >= 4 is 17.3 Å². The van der Waals surface area contributed by atoms with Crippen LogP contribution in [0.3, 0.4) is 0 Å². The van der Waals surface area contributed by atoms with E-state index in [1.165, 1.54) is 6.33 Å². The van der Waals surface area contributed by atoms with Crippen molar-refractivity contribution in [1.29, 1.82) is 5.41 Å². The molecule has 0 radical (unpaired) electrons. The van der Waals surface area contributed by atoms with Crippen LogP contribution in [0.5, 0.6) is 0 Å². The molecule has 110 valence electrons. The summed E-state index contributed by atoms with van der Waals surface area (Å²) < 4.78 is 0. The number of aromatic nitrogens is 2. The molecule has 0 saturated heterocycles. The molecule has 6 heteroatoms. The van der Waals surface area contributed by atoms with Crippen molar-refractivity contribution in [3.63, 3.8) is 0 Å². The number of nitrogens with zero attached hydrogens (tertiary/aromatic N) is 2. The van der Waals surface area contributed by atoms with Gasteiger partial charge in [-0.15, -0.1) is 0 Å². The van der Waals surface area contributed by atoms with Gasteiger partial charge in [0, 0.05) is 12.3 Å². The van der Waals surface area contributed by atoms with Gasteiger partial charge in [-0.25, -0.2) is 9.97 Å². The van der Waals surface area contributed by atoms with Crippen molar-refractivity contribution in [2.24, 2.45) is 5.73 Å². The van der Waals surface area contributed by atoms with Crippen LogP contribution in [0.1, 0.15) is 46.6 Å². The van der Waals surface area contributed by atoms with Crippen molar-refractivity contribution in [2.45, 2.75) is 41.0 Å². The predicted molar refractivity (Wildman–Crippen MR) is 83.8 cm³/mol. The third-order valence-electron chi connectivity index (χ3n) is 1.88. The average molecular weight is 268 g/mol. The van der Waals surface area contributed by atoms with Crippen LogP contribution >= 0.6 is 0 Å². The molecule has 0 aliphatic rings. The van der Waals surface area contributed by atoms with Crippen LogP contribution in [0.15, 0.2) is 6.33 Å². The zero-order chi connectivity index (χ0) is 15.3. The van der Waals surface area contributed by atoms with E-state index < -0.39 is 0 Å². The van der Waals surface area contributed by atoms with Crippen molar-refractivity contribution in [3.8, 4) is 0 Å². The molecule has 0 fully saturated rings. The number of nitrogens with one attached hydrogen (secondary N) is 2. The highest BCUT2D eigenvalue weighted by Crippen LogP contribution is 2.16. The monoisotopic (exact) mass is 268 g/mol. The summed E-state index contributed by atoms with van der Waals surface area (Å²) in [6.45, 7) is 11.2. The lowest BCUT2D eigenvalue weighted by Crippen LogP contribution is -2.10. The second-order valence-corrected chi connectivity index (χ2v) is 3.43. The highest BCUT2D eigenvalue weighted by molar-refractivity contribution is 6.04. The van der Waals surface area contributed by atoms with E-state index in [9.17, 15) is 0 Å². The van der Waals surface area contributed by atoms with E-state index in [0.717, 1.165) is 19.5 Å². The maximum Gasteiger partial charge on any atom is 0.140 e. The molecule has 0 unspecified atom stereocenters. The molecule has 0 atom stereocenters. The molecule has 0 bridgehead atoms. The summed E-state index contributed by atoms with van der Waals surface area (Å²) in [4.78, 5) is 7.84. The molecule has 1 heterocycles. The summed E-state index contributed by atoms with van der Waals surface area (Å²) in [5.74, 6) is 0.973. The first-order valence-electron chi connectivity index (χ1n) is 6.68. The number of anilines is 2. The predicted octanol–water partition coefficient (Wildman–Crippen LogP) is 2.26. The first kappa shape index (κ1) is 19.6. The molecule has 0 aliphatic carbocycles. The molecule has 1 aromatic heterocycles. The van der Waals surface area contributed by atoms with E-state index in [0.29, 0.717) is 22.9 Å². The van der Waals surface area contributed by atoms with E-state index in [2.05, 4.69) is 22.2 Å². The second-order valence-electron chi connectivity index (χ2n) is 3.43. The number of rotatable bonds is 4. The molecule has 19 heavy (non-hydrogen) atoms. The van der Waals surface area contributed by atoms with E-state index in [4.69, 9.17) is 16.9 Å². The molecular weight excluding hydrogens is 240 g/mol. The average Bonchev–Trinajstić information content (AvgIpc) is 2.41. The van der Waals surface area contributed by atoms with Gasteiger partial charge in [0.1, 0.15) is 18.0 Å². The molecule has 6 N–H and O–H groups in total. The maximum atomic E-state index is 7.50. The maximum absolute atomic E-state index is 7.50. The van der Waals surface area contributed by atoms with E-state index in [1.807, 2.05) is 20.8 Å². The Morgan fingerprint density at radius 2 is 1.84 bits per heavy atom. The van der Waals surface area contributed by atoms with Gasteiger partial charge >= 0.3 is 0 Å². The summed E-state index contributed by atoms with van der Waals surface area (Å²) >= 11 is 0. The summed E-state index contributed by atoms with van der Waals surface area (Å²) in [7, 11) is 0. The SMILES string of the molecule is CC.CCCN.CCNc1ncnc(N)c1C(C)=N. The zero-order valence-corrected chi connectivity index (χ0v) is 12.7. The number of hydrogen-bond acceptors (Lipinski definition) is 6. The molecule has 0 saturated carbocycles. The van der Waals surface area contributed by atoms with Crippen LogP contribution in [0.25, 0.3) is 0 Å². The number of nitrogen functional groups attached to an aromatic ring is 1. The topological polar surface area (TPSA) is 114 Å². The quantitative estimate of drug-likeness (QED) is 0.625. The van der Waals surface area contributed by atoms with Gasteiger partial charge in [0.2, 0.25) is 0 Å². The second kappa shape index (κ2) is 12.8. The smallest absolute Gasteiger partial charge is 0.140 e. The molecule has 6 nitrogen and oxygen atoms in total. The molecule has 0 aliphatic heterocycles. The Hall–Kier alpha value is -1.69. The standard InChI is InChI=1S/C8H13N5.C3H9N.C2H6/c1-3-11-8-6(5(2)9)7(10)12-4-13-8;1-2-3-4;1-2/h4,9H,3H2,1-2H3,(H3,10,11,12,13);2-4H2,1H3;1-2H3. The summed E-state index contributed by atoms with van der Waals surface area (Å²) in [6.07, 6.45) is 2.49. The Kier molecular flexibility index (Phi) is 13.2. The van der Waals surface area contributed by atoms with Gasteiger partial charge in [0.05, 0.1) is 5.56 Å². The minimum atomic E-state index is 0.346. The fourth-order valence-electron chi connectivity index (χ4n) is 1.07. The summed E-state index contributed by atoms with van der Waals surface area (Å²) in [5.41, 5.74) is 11.6. The highest BCUT2D eigenvalue weighted by atomic mass is 15.0. The third kappa shape index (κ3) is 8.10. The van der Waals surface area contributed by atoms with Gasteiger partial charge in [-0.2, -0.15) is 0 Å². The van der Waals surface area contributed by atoms with Gasteiger partial charge < -0.3 is 22.2 Å². The van der Waals surface area contributed by atoms with Gasteiger partial charge in [0.25, 0.3) is 0 Å². The van der Waals surface area contributed by atoms with E-state index in [-0.39, 0.29) is 0 Å². The van der Waals surface area contributed by atoms with Gasteiger partial charge in [-0.05, 0) is 26.8 Å². The largest absolute Gasteiger partial charge is 0.383 e. The van der Waals surface area contributed by atoms with Crippen molar-refractivity contribution < 1.29 is 0 Å². The molecule has 0 amide bonds. The van der Waals surface area contributed by atoms with Crippen LogP contribution in [-0.4, -0.2) is 28.8 Å². The summed E-state index contributed by atoms with van der Waals surface area (Å²) in [6, 6.07) is 0. The Bertz CT molecular complexity index is 349. The van der Waals surface area contributed by atoms with Gasteiger partial charge in [-0.1, -0.05) is 20.8 Å². The van der Waals surface area contributed by atoms with Crippen LogP contribution < -0.4 is 16.8 Å². The molecule has 0 aromatic carbocycles. The van der Waals surface area contributed by atoms with Gasteiger partial charge in [-0.3, -0.25) is 0 Å². The third-order valence-corrected chi connectivity index (χ3v) is 1.88. The molecule has 1 rings (SSSR count). The minimum Gasteiger partial charge on any atom is -0.383 e. The minimum absolute atomic E-state index is 0.346. The highest BCUT2D eigenvalue weighted by Gasteiger charge is 2.09. The van der Waals surface area contributed by atoms with E-state index >= 15 is 0 Å². The van der Waals surface area contributed by atoms with Crippen molar-refractivity contribution in [1.82, 2.24) is 9.97 Å². The molecular formula is C13H28N6. The molecule has 1 aromatic rings. The first-order chi connectivity index (χ1) is 9.08. The summed E-state index contributed by atoms with van der Waals surface area (Å²) in [5, 5.41) is 10.5. The normalized spacial score (nSPS) is 8.53. The lowest BCUT2D eigenvalue weighted by atomic mass is 10.2. The first-order valence-corrected chi connectivity index (χ1v) is 6.68. The van der Waals surface area contributed by atoms with Crippen LogP contribution in [-0.2, 0) is 0 Å². The Morgan fingerprint density at radius 1 is 1.32 bits per heavy atom. The molecule has 0 spiro atoms. The van der Waals surface area contributed by atoms with Crippen LogP contribution in [0.4, 0.5) is 11.6 Å². The van der Waals surface area contributed by atoms with Crippen LogP contribution in [0, 0.1) is 5.41 Å². The fraction of sp³-hybridized carbons (Fsp3) is 0.615. The van der Waals surface area contributed by atoms with Crippen LogP contribution in [0.2, 0.25) is 0 Å². The Labute approximate surface area is 116 Å². The van der Waals surface area contributed by atoms with E-state index in [1.54, 1.807) is 6.92 Å². The van der Waals surface area contributed by atoms with Crippen molar-refractivity contribution in [2.75, 3.05) is 24.1 Å². The number of hydrogen-bond donors (Lipinski definition) is 4.